The second-order valence-electron chi connectivity index (χ2n) is 7.28. The van der Waals surface area contributed by atoms with Crippen molar-refractivity contribution in [2.24, 2.45) is 4.99 Å². The van der Waals surface area contributed by atoms with Crippen molar-refractivity contribution in [2.45, 2.75) is 59.2 Å². The lowest BCUT2D eigenvalue weighted by atomic mass is 10.0. The first-order valence-electron chi connectivity index (χ1n) is 9.72. The largest absolute Gasteiger partial charge is 0.357 e. The van der Waals surface area contributed by atoms with Gasteiger partial charge in [0, 0.05) is 35.7 Å². The molecular formula is C21H33N5S. The van der Waals surface area contributed by atoms with E-state index < -0.39 is 0 Å². The Morgan fingerprint density at radius 1 is 1.19 bits per heavy atom. The molecule has 2 rings (SSSR count). The van der Waals surface area contributed by atoms with Crippen LogP contribution in [0.15, 0.2) is 41.5 Å². The topological polar surface area (TPSA) is 61.3 Å². The van der Waals surface area contributed by atoms with E-state index in [0.29, 0.717) is 6.54 Å². The lowest BCUT2D eigenvalue weighted by molar-refractivity contribution is 0.345. The van der Waals surface area contributed by atoms with E-state index in [1.165, 1.54) is 10.4 Å². The molecule has 0 fully saturated rings. The zero-order valence-electron chi connectivity index (χ0n) is 17.2. The van der Waals surface area contributed by atoms with Gasteiger partial charge in [-0.2, -0.15) is 0 Å². The second kappa shape index (κ2) is 10.4. The first kappa shape index (κ1) is 21.4. The number of aryl methyl sites for hydroxylation is 1. The third kappa shape index (κ3) is 7.31. The van der Waals surface area contributed by atoms with Crippen molar-refractivity contribution in [2.75, 3.05) is 13.1 Å². The summed E-state index contributed by atoms with van der Waals surface area (Å²) in [5.41, 5.74) is 1.21. The normalized spacial score (nSPS) is 13.4. The first-order valence-corrected chi connectivity index (χ1v) is 10.5. The van der Waals surface area contributed by atoms with Crippen LogP contribution in [0.5, 0.6) is 0 Å². The van der Waals surface area contributed by atoms with Crippen LogP contribution in [0.1, 0.15) is 56.1 Å². The average molecular weight is 388 g/mol. The number of rotatable bonds is 9. The van der Waals surface area contributed by atoms with Crippen molar-refractivity contribution in [3.8, 4) is 0 Å². The number of guanidine groups is 1. The Morgan fingerprint density at radius 2 is 1.93 bits per heavy atom. The van der Waals surface area contributed by atoms with Gasteiger partial charge in [0.05, 0.1) is 6.54 Å². The summed E-state index contributed by atoms with van der Waals surface area (Å²) in [5.74, 6) is 0.827. The summed E-state index contributed by atoms with van der Waals surface area (Å²) in [5, 5.41) is 11.5. The second-order valence-corrected chi connectivity index (χ2v) is 8.48. The molecule has 2 aromatic rings. The number of aromatic nitrogens is 1. The van der Waals surface area contributed by atoms with Crippen LogP contribution in [-0.4, -0.2) is 29.6 Å². The molecule has 1 aromatic carbocycles. The van der Waals surface area contributed by atoms with Crippen LogP contribution in [-0.2, 0) is 13.0 Å². The van der Waals surface area contributed by atoms with Crippen molar-refractivity contribution in [1.82, 2.24) is 20.9 Å². The van der Waals surface area contributed by atoms with Crippen LogP contribution < -0.4 is 16.0 Å². The molecule has 0 bridgehead atoms. The summed E-state index contributed by atoms with van der Waals surface area (Å²) in [6.45, 7) is 13.0. The van der Waals surface area contributed by atoms with Crippen molar-refractivity contribution in [3.63, 3.8) is 0 Å². The molecule has 0 aliphatic rings. The average Bonchev–Trinajstić information content (AvgIpc) is 3.12. The van der Waals surface area contributed by atoms with E-state index >= 15 is 0 Å². The van der Waals surface area contributed by atoms with E-state index in [9.17, 15) is 0 Å². The molecule has 1 unspecified atom stereocenters. The summed E-state index contributed by atoms with van der Waals surface area (Å²) in [7, 11) is 0. The molecule has 0 saturated heterocycles. The highest BCUT2D eigenvalue weighted by Crippen LogP contribution is 2.16. The molecule has 1 heterocycles. The summed E-state index contributed by atoms with van der Waals surface area (Å²) in [4.78, 5) is 10.4. The first-order chi connectivity index (χ1) is 12.9. The fourth-order valence-corrected chi connectivity index (χ4v) is 3.63. The molecule has 0 radical (unpaired) electrons. The van der Waals surface area contributed by atoms with Gasteiger partial charge in [0.2, 0.25) is 0 Å². The Kier molecular flexibility index (Phi) is 8.25. The Bertz CT molecular complexity index is 708. The summed E-state index contributed by atoms with van der Waals surface area (Å²) in [6, 6.07) is 10.8. The smallest absolute Gasteiger partial charge is 0.191 e. The number of thiazole rings is 1. The van der Waals surface area contributed by atoms with Gasteiger partial charge in [-0.25, -0.2) is 9.98 Å². The Hall–Kier alpha value is -1.92. The number of aliphatic imine (C=N–C) groups is 1. The Balaban J connectivity index is 1.91. The zero-order chi connectivity index (χ0) is 19.7. The summed E-state index contributed by atoms with van der Waals surface area (Å²) < 4.78 is 0. The van der Waals surface area contributed by atoms with Crippen molar-refractivity contribution >= 4 is 17.3 Å². The van der Waals surface area contributed by atoms with E-state index in [1.807, 2.05) is 12.3 Å². The van der Waals surface area contributed by atoms with Crippen molar-refractivity contribution in [1.29, 1.82) is 0 Å². The molecule has 0 aliphatic heterocycles. The molecular weight excluding hydrogens is 354 g/mol. The molecule has 0 aliphatic carbocycles. The molecule has 0 saturated carbocycles. The predicted octanol–water partition coefficient (Wildman–Crippen LogP) is 3.89. The van der Waals surface area contributed by atoms with E-state index in [0.717, 1.165) is 30.5 Å². The fraction of sp³-hybridized carbons (Fsp3) is 0.524. The molecule has 148 valence electrons. The van der Waals surface area contributed by atoms with Crippen LogP contribution in [0, 0.1) is 0 Å². The number of nitrogens with one attached hydrogen (secondary N) is 3. The third-order valence-corrected chi connectivity index (χ3v) is 5.40. The molecule has 0 amide bonds. The van der Waals surface area contributed by atoms with Crippen LogP contribution >= 0.6 is 11.3 Å². The highest BCUT2D eigenvalue weighted by Gasteiger charge is 2.21. The SMILES string of the molecule is CCNC(=NCc1ncc(CC)s1)NCC(C)(C)NC(C)c1ccccc1. The summed E-state index contributed by atoms with van der Waals surface area (Å²) in [6.07, 6.45) is 2.98. The Morgan fingerprint density at radius 3 is 2.56 bits per heavy atom. The van der Waals surface area contributed by atoms with Crippen LogP contribution in [0.25, 0.3) is 0 Å². The van der Waals surface area contributed by atoms with Crippen LogP contribution in [0.3, 0.4) is 0 Å². The minimum absolute atomic E-state index is 0.0813. The summed E-state index contributed by atoms with van der Waals surface area (Å²) >= 11 is 1.74. The van der Waals surface area contributed by atoms with E-state index in [1.54, 1.807) is 11.3 Å². The van der Waals surface area contributed by atoms with Crippen molar-refractivity contribution < 1.29 is 0 Å². The molecule has 6 heteroatoms. The van der Waals surface area contributed by atoms with Gasteiger partial charge in [-0.05, 0) is 39.7 Å². The van der Waals surface area contributed by atoms with Crippen LogP contribution in [0.2, 0.25) is 0 Å². The fourth-order valence-electron chi connectivity index (χ4n) is 2.84. The van der Waals surface area contributed by atoms with Gasteiger partial charge >= 0.3 is 0 Å². The predicted molar refractivity (Wildman–Crippen MR) is 116 cm³/mol. The third-order valence-electron chi connectivity index (χ3n) is 4.27. The van der Waals surface area contributed by atoms with Gasteiger partial charge in [-0.15, -0.1) is 11.3 Å². The van der Waals surface area contributed by atoms with E-state index in [2.05, 4.69) is 84.8 Å². The minimum atomic E-state index is -0.0813. The lowest BCUT2D eigenvalue weighted by Gasteiger charge is -2.31. The highest BCUT2D eigenvalue weighted by molar-refractivity contribution is 7.11. The number of hydrogen-bond donors (Lipinski definition) is 3. The molecule has 3 N–H and O–H groups in total. The van der Waals surface area contributed by atoms with Gasteiger partial charge in [0.15, 0.2) is 5.96 Å². The molecule has 5 nitrogen and oxygen atoms in total. The molecule has 27 heavy (non-hydrogen) atoms. The number of benzene rings is 1. The lowest BCUT2D eigenvalue weighted by Crippen LogP contribution is -2.52. The highest BCUT2D eigenvalue weighted by atomic mass is 32.1. The monoisotopic (exact) mass is 387 g/mol. The molecule has 1 aromatic heterocycles. The van der Waals surface area contributed by atoms with Crippen molar-refractivity contribution in [3.05, 3.63) is 52.0 Å². The van der Waals surface area contributed by atoms with Crippen LogP contribution in [0.4, 0.5) is 0 Å². The van der Waals surface area contributed by atoms with Gasteiger partial charge in [0.1, 0.15) is 5.01 Å². The van der Waals surface area contributed by atoms with Gasteiger partial charge in [0.25, 0.3) is 0 Å². The maximum atomic E-state index is 4.69. The number of nitrogens with zero attached hydrogens (tertiary/aromatic N) is 2. The maximum absolute atomic E-state index is 4.69. The van der Waals surface area contributed by atoms with E-state index in [-0.39, 0.29) is 11.6 Å². The standard InChI is InChI=1S/C21H33N5S/c1-6-18-13-23-19(27-18)14-24-20(22-7-2)25-15-21(4,5)26-16(3)17-11-9-8-10-12-17/h8-13,16,26H,6-7,14-15H2,1-5H3,(H2,22,24,25). The maximum Gasteiger partial charge on any atom is 0.191 e. The minimum Gasteiger partial charge on any atom is -0.357 e. The van der Waals surface area contributed by atoms with Gasteiger partial charge in [-0.3, -0.25) is 0 Å². The van der Waals surface area contributed by atoms with Gasteiger partial charge in [-0.1, -0.05) is 37.3 Å². The number of hydrogen-bond acceptors (Lipinski definition) is 4. The Labute approximate surface area is 167 Å². The van der Waals surface area contributed by atoms with Gasteiger partial charge < -0.3 is 16.0 Å². The molecule has 1 atom stereocenters. The zero-order valence-corrected chi connectivity index (χ0v) is 18.0. The van der Waals surface area contributed by atoms with E-state index in [4.69, 9.17) is 0 Å². The molecule has 0 spiro atoms. The quantitative estimate of drug-likeness (QED) is 0.451.